The van der Waals surface area contributed by atoms with Crippen LogP contribution < -0.4 is 5.32 Å². The summed E-state index contributed by atoms with van der Waals surface area (Å²) < 4.78 is 26.5. The molecule has 0 saturated carbocycles. The van der Waals surface area contributed by atoms with Crippen molar-refractivity contribution in [3.8, 4) is 0 Å². The standard InChI is InChI=1S/C11H10F2N2/c12-6-3-7-8-5-14-2-1-10(8)15-11(7)9(13)4-6/h3-4,14-15H,1-2,5H2. The average Bonchev–Trinajstić information content (AvgIpc) is 2.57. The highest BCUT2D eigenvalue weighted by Gasteiger charge is 2.17. The number of benzene rings is 1. The third-order valence-corrected chi connectivity index (χ3v) is 2.87. The van der Waals surface area contributed by atoms with E-state index in [9.17, 15) is 8.78 Å². The monoisotopic (exact) mass is 208 g/mol. The van der Waals surface area contributed by atoms with Gasteiger partial charge in [-0.15, -0.1) is 0 Å². The lowest BCUT2D eigenvalue weighted by Gasteiger charge is -2.12. The van der Waals surface area contributed by atoms with Crippen molar-refractivity contribution in [2.24, 2.45) is 0 Å². The van der Waals surface area contributed by atoms with Gasteiger partial charge in [-0.2, -0.15) is 0 Å². The fourth-order valence-electron chi connectivity index (χ4n) is 2.17. The number of nitrogens with one attached hydrogen (secondary N) is 2. The summed E-state index contributed by atoms with van der Waals surface area (Å²) in [6, 6.07) is 2.30. The minimum Gasteiger partial charge on any atom is -0.356 e. The molecule has 0 bridgehead atoms. The molecule has 2 N–H and O–H groups in total. The van der Waals surface area contributed by atoms with Crippen LogP contribution in [0.5, 0.6) is 0 Å². The highest BCUT2D eigenvalue weighted by atomic mass is 19.1. The maximum atomic E-state index is 13.4. The lowest BCUT2D eigenvalue weighted by molar-refractivity contribution is 0.591. The number of halogens is 2. The largest absolute Gasteiger partial charge is 0.356 e. The number of hydrogen-bond donors (Lipinski definition) is 2. The van der Waals surface area contributed by atoms with Gasteiger partial charge in [-0.3, -0.25) is 0 Å². The molecule has 0 atom stereocenters. The Morgan fingerprint density at radius 1 is 1.20 bits per heavy atom. The molecule has 78 valence electrons. The molecular formula is C11H10F2N2. The summed E-state index contributed by atoms with van der Waals surface area (Å²) in [6.07, 6.45) is 0.838. The maximum Gasteiger partial charge on any atom is 0.150 e. The Bertz CT molecular complexity index is 531. The Morgan fingerprint density at radius 2 is 2.07 bits per heavy atom. The topological polar surface area (TPSA) is 27.8 Å². The molecule has 0 saturated heterocycles. The third kappa shape index (κ3) is 1.25. The quantitative estimate of drug-likeness (QED) is 0.681. The molecule has 0 spiro atoms. The lowest BCUT2D eigenvalue weighted by Crippen LogP contribution is -2.22. The smallest absolute Gasteiger partial charge is 0.150 e. The van der Waals surface area contributed by atoms with E-state index in [0.29, 0.717) is 17.4 Å². The molecule has 3 rings (SSSR count). The Hall–Kier alpha value is -1.42. The maximum absolute atomic E-state index is 13.4. The van der Waals surface area contributed by atoms with E-state index in [0.717, 1.165) is 30.3 Å². The number of aromatic nitrogens is 1. The van der Waals surface area contributed by atoms with Crippen LogP contribution in [0, 0.1) is 11.6 Å². The molecule has 0 amide bonds. The molecule has 0 fully saturated rings. The van der Waals surface area contributed by atoms with E-state index < -0.39 is 11.6 Å². The molecule has 1 aromatic heterocycles. The van der Waals surface area contributed by atoms with E-state index in [-0.39, 0.29) is 0 Å². The van der Waals surface area contributed by atoms with Gasteiger partial charge in [-0.25, -0.2) is 8.78 Å². The highest BCUT2D eigenvalue weighted by molar-refractivity contribution is 5.85. The minimum atomic E-state index is -0.521. The summed E-state index contributed by atoms with van der Waals surface area (Å²) in [7, 11) is 0. The first-order valence-electron chi connectivity index (χ1n) is 4.95. The van der Waals surface area contributed by atoms with E-state index in [1.165, 1.54) is 6.07 Å². The van der Waals surface area contributed by atoms with Gasteiger partial charge in [0.05, 0.1) is 5.52 Å². The zero-order chi connectivity index (χ0) is 10.4. The van der Waals surface area contributed by atoms with Crippen LogP contribution in [0.4, 0.5) is 8.78 Å². The molecule has 1 aliphatic heterocycles. The van der Waals surface area contributed by atoms with Crippen molar-refractivity contribution in [2.45, 2.75) is 13.0 Å². The fourth-order valence-corrected chi connectivity index (χ4v) is 2.17. The molecular weight excluding hydrogens is 198 g/mol. The van der Waals surface area contributed by atoms with Crippen molar-refractivity contribution in [1.29, 1.82) is 0 Å². The molecule has 1 aromatic carbocycles. The lowest BCUT2D eigenvalue weighted by atomic mass is 10.1. The Balaban J connectivity index is 2.37. The van der Waals surface area contributed by atoms with Crippen molar-refractivity contribution in [2.75, 3.05) is 6.54 Å². The molecule has 2 nitrogen and oxygen atoms in total. The summed E-state index contributed by atoms with van der Waals surface area (Å²) in [5.41, 5.74) is 2.44. The van der Waals surface area contributed by atoms with Gasteiger partial charge in [0.1, 0.15) is 11.6 Å². The summed E-state index contributed by atoms with van der Waals surface area (Å²) in [5, 5.41) is 3.85. The predicted molar refractivity (Wildman–Crippen MR) is 53.6 cm³/mol. The van der Waals surface area contributed by atoms with Crippen LogP contribution in [0.3, 0.4) is 0 Å². The van der Waals surface area contributed by atoms with E-state index >= 15 is 0 Å². The average molecular weight is 208 g/mol. The second-order valence-corrected chi connectivity index (χ2v) is 3.82. The van der Waals surface area contributed by atoms with Crippen LogP contribution in [0.2, 0.25) is 0 Å². The van der Waals surface area contributed by atoms with Crippen LogP contribution in [-0.2, 0) is 13.0 Å². The van der Waals surface area contributed by atoms with Gasteiger partial charge in [-0.05, 0) is 11.6 Å². The summed E-state index contributed by atoms with van der Waals surface area (Å²) in [5.74, 6) is -1.04. The molecule has 0 unspecified atom stereocenters. The first-order chi connectivity index (χ1) is 7.25. The Labute approximate surface area is 85.3 Å². The zero-order valence-corrected chi connectivity index (χ0v) is 8.03. The SMILES string of the molecule is Fc1cc(F)c2[nH]c3c(c2c1)CNCC3. The molecule has 0 radical (unpaired) electrons. The number of hydrogen-bond acceptors (Lipinski definition) is 1. The fraction of sp³-hybridized carbons (Fsp3) is 0.273. The predicted octanol–water partition coefficient (Wildman–Crippen LogP) is 2.09. The first kappa shape index (κ1) is 8.85. The number of aromatic amines is 1. The normalized spacial score (nSPS) is 15.6. The molecule has 1 aliphatic rings. The number of rotatable bonds is 0. The number of H-pyrrole nitrogens is 1. The third-order valence-electron chi connectivity index (χ3n) is 2.87. The Morgan fingerprint density at radius 3 is 2.93 bits per heavy atom. The van der Waals surface area contributed by atoms with Gasteiger partial charge in [0.15, 0.2) is 0 Å². The molecule has 2 aromatic rings. The van der Waals surface area contributed by atoms with Gasteiger partial charge in [0, 0.05) is 36.7 Å². The van der Waals surface area contributed by atoms with E-state index in [4.69, 9.17) is 0 Å². The number of fused-ring (bicyclic) bond motifs is 3. The van der Waals surface area contributed by atoms with Gasteiger partial charge in [-0.1, -0.05) is 0 Å². The van der Waals surface area contributed by atoms with Crippen LogP contribution in [0.15, 0.2) is 12.1 Å². The van der Waals surface area contributed by atoms with E-state index in [1.54, 1.807) is 0 Å². The second-order valence-electron chi connectivity index (χ2n) is 3.82. The van der Waals surface area contributed by atoms with Crippen molar-refractivity contribution < 1.29 is 8.78 Å². The van der Waals surface area contributed by atoms with Crippen molar-refractivity contribution >= 4 is 10.9 Å². The van der Waals surface area contributed by atoms with Gasteiger partial charge in [0.2, 0.25) is 0 Å². The molecule has 15 heavy (non-hydrogen) atoms. The molecule has 0 aliphatic carbocycles. The second kappa shape index (κ2) is 3.03. The highest BCUT2D eigenvalue weighted by Crippen LogP contribution is 2.27. The van der Waals surface area contributed by atoms with E-state index in [1.807, 2.05) is 0 Å². The van der Waals surface area contributed by atoms with Crippen LogP contribution >= 0.6 is 0 Å². The van der Waals surface area contributed by atoms with Crippen molar-refractivity contribution in [3.05, 3.63) is 35.0 Å². The van der Waals surface area contributed by atoms with Gasteiger partial charge >= 0.3 is 0 Å². The van der Waals surface area contributed by atoms with Crippen LogP contribution in [0.25, 0.3) is 10.9 Å². The summed E-state index contributed by atoms with van der Waals surface area (Å²) in [6.45, 7) is 1.56. The molecule has 2 heterocycles. The Kier molecular flexibility index (Phi) is 1.79. The summed E-state index contributed by atoms with van der Waals surface area (Å²) in [4.78, 5) is 3.03. The zero-order valence-electron chi connectivity index (χ0n) is 8.03. The first-order valence-corrected chi connectivity index (χ1v) is 4.95. The van der Waals surface area contributed by atoms with Gasteiger partial charge in [0.25, 0.3) is 0 Å². The van der Waals surface area contributed by atoms with Crippen molar-refractivity contribution in [3.63, 3.8) is 0 Å². The van der Waals surface area contributed by atoms with Crippen LogP contribution in [-0.4, -0.2) is 11.5 Å². The van der Waals surface area contributed by atoms with Crippen LogP contribution in [0.1, 0.15) is 11.3 Å². The van der Waals surface area contributed by atoms with E-state index in [2.05, 4.69) is 10.3 Å². The minimum absolute atomic E-state index is 0.421. The summed E-state index contributed by atoms with van der Waals surface area (Å²) >= 11 is 0. The van der Waals surface area contributed by atoms with Gasteiger partial charge < -0.3 is 10.3 Å². The van der Waals surface area contributed by atoms with Crippen molar-refractivity contribution in [1.82, 2.24) is 10.3 Å². The molecule has 4 heteroatoms.